The number of phenols is 1. The number of aliphatic carboxylic acids is 1. The van der Waals surface area contributed by atoms with Crippen LogP contribution in [0.1, 0.15) is 35.1 Å². The van der Waals surface area contributed by atoms with Crippen molar-refractivity contribution in [2.45, 2.75) is 38.5 Å². The predicted molar refractivity (Wildman–Crippen MR) is 116 cm³/mol. The minimum atomic E-state index is -1.14. The fourth-order valence-corrected chi connectivity index (χ4v) is 4.55. The van der Waals surface area contributed by atoms with Gasteiger partial charge in [-0.25, -0.2) is 4.79 Å². The van der Waals surface area contributed by atoms with Crippen LogP contribution in [0.5, 0.6) is 5.75 Å². The van der Waals surface area contributed by atoms with Crippen molar-refractivity contribution < 1.29 is 24.2 Å². The van der Waals surface area contributed by atoms with E-state index in [1.807, 2.05) is 6.07 Å². The number of amides is 1. The summed E-state index contributed by atoms with van der Waals surface area (Å²) in [7, 11) is 0. The fourth-order valence-electron chi connectivity index (χ4n) is 4.55. The first-order valence-electron chi connectivity index (χ1n) is 10.5. The van der Waals surface area contributed by atoms with Gasteiger partial charge in [-0.15, -0.1) is 0 Å². The highest BCUT2D eigenvalue weighted by atomic mass is 16.4. The average molecular weight is 434 g/mol. The lowest BCUT2D eigenvalue weighted by Gasteiger charge is -2.43. The molecule has 7 heteroatoms. The van der Waals surface area contributed by atoms with Gasteiger partial charge in [0, 0.05) is 29.5 Å². The zero-order chi connectivity index (χ0) is 23.0. The molecule has 0 unspecified atom stereocenters. The number of carbonyl (C=O) groups is 2. The Bertz CT molecular complexity index is 1250. The number of likely N-dealkylation sites (tertiary alicyclic amines) is 1. The van der Waals surface area contributed by atoms with Crippen LogP contribution < -0.4 is 10.7 Å². The molecule has 2 aromatic carbocycles. The number of carboxylic acid groups (broad SMARTS) is 1. The molecule has 1 aromatic heterocycles. The number of carbonyl (C=O) groups excluding carboxylic acids is 2. The maximum absolute atomic E-state index is 13.0. The highest BCUT2D eigenvalue weighted by molar-refractivity contribution is 5.87. The molecule has 166 valence electrons. The van der Waals surface area contributed by atoms with Crippen LogP contribution in [0.25, 0.3) is 11.0 Å². The van der Waals surface area contributed by atoms with Gasteiger partial charge in [-0.3, -0.25) is 4.79 Å². The number of fused-ring (bicyclic) bond motifs is 1. The van der Waals surface area contributed by atoms with Gasteiger partial charge in [0.05, 0.1) is 18.0 Å². The van der Waals surface area contributed by atoms with Gasteiger partial charge in [0.15, 0.2) is 0 Å². The van der Waals surface area contributed by atoms with Crippen molar-refractivity contribution in [1.29, 1.82) is 0 Å². The van der Waals surface area contributed by atoms with Gasteiger partial charge in [-0.2, -0.15) is 0 Å². The molecule has 2 heterocycles. The van der Waals surface area contributed by atoms with E-state index in [1.54, 1.807) is 49.1 Å². The van der Waals surface area contributed by atoms with Gasteiger partial charge in [0.2, 0.25) is 5.91 Å². The summed E-state index contributed by atoms with van der Waals surface area (Å²) in [6.45, 7) is 3.93. The molecule has 0 aliphatic carbocycles. The molecular formula is C25H24NO6-. The maximum Gasteiger partial charge on any atom is 0.340 e. The van der Waals surface area contributed by atoms with Crippen molar-refractivity contribution >= 4 is 22.8 Å². The summed E-state index contributed by atoms with van der Waals surface area (Å²) in [6.07, 6.45) is 0.359. The SMILES string of the molecule is Cc1c(CC(=O)N2CCC(C(=O)[O-])(c3ccccc3)CC2)c(=O)oc2c(C)c(O)ccc12. The molecule has 1 fully saturated rings. The van der Waals surface area contributed by atoms with Gasteiger partial charge in [0.1, 0.15) is 11.3 Å². The summed E-state index contributed by atoms with van der Waals surface area (Å²) in [5, 5.41) is 22.6. The van der Waals surface area contributed by atoms with Crippen LogP contribution in [-0.2, 0) is 21.4 Å². The molecule has 0 saturated carbocycles. The molecule has 0 bridgehead atoms. The molecule has 7 nitrogen and oxygen atoms in total. The monoisotopic (exact) mass is 434 g/mol. The van der Waals surface area contributed by atoms with E-state index >= 15 is 0 Å². The second-order valence-electron chi connectivity index (χ2n) is 8.37. The highest BCUT2D eigenvalue weighted by Gasteiger charge is 2.38. The molecule has 32 heavy (non-hydrogen) atoms. The standard InChI is InChI=1S/C25H25NO6/c1-15-18-8-9-20(27)16(2)22(18)32-23(29)19(15)14-21(28)26-12-10-25(11-13-26,24(30)31)17-6-4-3-5-7-17/h3-9,27H,10-14H2,1-2H3,(H,30,31)/p-1. The summed E-state index contributed by atoms with van der Waals surface area (Å²) < 4.78 is 5.42. The Morgan fingerprint density at radius 2 is 1.72 bits per heavy atom. The van der Waals surface area contributed by atoms with Crippen LogP contribution >= 0.6 is 0 Å². The van der Waals surface area contributed by atoms with E-state index in [-0.39, 0.29) is 49.6 Å². The quantitative estimate of drug-likeness (QED) is 0.629. The molecule has 1 aliphatic heterocycles. The first kappa shape index (κ1) is 21.6. The summed E-state index contributed by atoms with van der Waals surface area (Å²) in [5.41, 5.74) is 0.624. The topological polar surface area (TPSA) is 111 Å². The number of hydrogen-bond donors (Lipinski definition) is 1. The number of benzene rings is 2. The number of nitrogens with zero attached hydrogens (tertiary/aromatic N) is 1. The van der Waals surface area contributed by atoms with Crippen LogP contribution in [0.4, 0.5) is 0 Å². The normalized spacial score (nSPS) is 15.6. The second-order valence-corrected chi connectivity index (χ2v) is 8.37. The number of piperidine rings is 1. The predicted octanol–water partition coefficient (Wildman–Crippen LogP) is 1.97. The minimum absolute atomic E-state index is 0.0343. The lowest BCUT2D eigenvalue weighted by molar-refractivity contribution is -0.315. The van der Waals surface area contributed by atoms with E-state index < -0.39 is 17.0 Å². The summed E-state index contributed by atoms with van der Waals surface area (Å²) in [5.74, 6) is -1.36. The molecular weight excluding hydrogens is 410 g/mol. The third-order valence-corrected chi connectivity index (χ3v) is 6.69. The van der Waals surface area contributed by atoms with Gasteiger partial charge in [0.25, 0.3) is 0 Å². The summed E-state index contributed by atoms with van der Waals surface area (Å²) >= 11 is 0. The molecule has 3 aromatic rings. The van der Waals surface area contributed by atoms with Gasteiger partial charge in [-0.1, -0.05) is 30.3 Å². The zero-order valence-corrected chi connectivity index (χ0v) is 18.0. The lowest BCUT2D eigenvalue weighted by Crippen LogP contribution is -2.54. The Morgan fingerprint density at radius 3 is 2.34 bits per heavy atom. The molecule has 0 spiro atoms. The van der Waals surface area contributed by atoms with E-state index in [0.29, 0.717) is 27.7 Å². The molecule has 0 radical (unpaired) electrons. The largest absolute Gasteiger partial charge is 0.549 e. The van der Waals surface area contributed by atoms with Crippen molar-refractivity contribution in [2.75, 3.05) is 13.1 Å². The van der Waals surface area contributed by atoms with Crippen LogP contribution in [-0.4, -0.2) is 35.0 Å². The van der Waals surface area contributed by atoms with Crippen LogP contribution in [0, 0.1) is 13.8 Å². The summed E-state index contributed by atoms with van der Waals surface area (Å²) in [4.78, 5) is 39.2. The molecule has 1 aliphatic rings. The molecule has 1 saturated heterocycles. The van der Waals surface area contributed by atoms with Crippen LogP contribution in [0.15, 0.2) is 51.7 Å². The number of phenolic OH excluding ortho intramolecular Hbond substituents is 1. The maximum atomic E-state index is 13.0. The number of aryl methyl sites for hydroxylation is 2. The van der Waals surface area contributed by atoms with Crippen molar-refractivity contribution in [2.24, 2.45) is 0 Å². The Morgan fingerprint density at radius 1 is 1.06 bits per heavy atom. The van der Waals surface area contributed by atoms with Gasteiger partial charge < -0.3 is 24.3 Å². The van der Waals surface area contributed by atoms with E-state index in [1.165, 1.54) is 6.07 Å². The van der Waals surface area contributed by atoms with Crippen LogP contribution in [0.2, 0.25) is 0 Å². The minimum Gasteiger partial charge on any atom is -0.549 e. The Labute approximate surface area is 184 Å². The van der Waals surface area contributed by atoms with Crippen molar-refractivity contribution in [3.8, 4) is 5.75 Å². The first-order valence-corrected chi connectivity index (χ1v) is 10.5. The first-order chi connectivity index (χ1) is 15.2. The number of hydrogen-bond acceptors (Lipinski definition) is 6. The number of rotatable bonds is 4. The second kappa shape index (κ2) is 8.15. The van der Waals surface area contributed by atoms with Crippen LogP contribution in [0.3, 0.4) is 0 Å². The summed E-state index contributed by atoms with van der Waals surface area (Å²) in [6, 6.07) is 12.2. The average Bonchev–Trinajstić information content (AvgIpc) is 2.79. The molecule has 1 amide bonds. The van der Waals surface area contributed by atoms with E-state index in [9.17, 15) is 24.6 Å². The zero-order valence-electron chi connectivity index (χ0n) is 18.0. The Balaban J connectivity index is 1.56. The smallest absolute Gasteiger partial charge is 0.340 e. The van der Waals surface area contributed by atoms with E-state index in [0.717, 1.165) is 0 Å². The Kier molecular flexibility index (Phi) is 5.50. The highest BCUT2D eigenvalue weighted by Crippen LogP contribution is 2.35. The van der Waals surface area contributed by atoms with Gasteiger partial charge >= 0.3 is 5.63 Å². The fraction of sp³-hybridized carbons (Fsp3) is 0.320. The lowest BCUT2D eigenvalue weighted by atomic mass is 9.73. The Hall–Kier alpha value is -3.61. The van der Waals surface area contributed by atoms with Crippen molar-refractivity contribution in [3.63, 3.8) is 0 Å². The van der Waals surface area contributed by atoms with E-state index in [4.69, 9.17) is 4.42 Å². The number of carboxylic acids is 1. The van der Waals surface area contributed by atoms with Gasteiger partial charge in [-0.05, 0) is 49.9 Å². The molecule has 4 rings (SSSR count). The number of aromatic hydroxyl groups is 1. The third kappa shape index (κ3) is 3.53. The van der Waals surface area contributed by atoms with Crippen molar-refractivity contribution in [1.82, 2.24) is 4.90 Å². The molecule has 0 atom stereocenters. The molecule has 1 N–H and O–H groups in total. The van der Waals surface area contributed by atoms with Crippen molar-refractivity contribution in [3.05, 3.63) is 75.1 Å². The third-order valence-electron chi connectivity index (χ3n) is 6.69. The van der Waals surface area contributed by atoms with E-state index in [2.05, 4.69) is 0 Å².